The van der Waals surface area contributed by atoms with Gasteiger partial charge in [0.25, 0.3) is 5.91 Å². The van der Waals surface area contributed by atoms with Crippen molar-refractivity contribution in [1.29, 1.82) is 0 Å². The van der Waals surface area contributed by atoms with Crippen molar-refractivity contribution in [3.8, 4) is 11.3 Å². The molecule has 0 aliphatic carbocycles. The smallest absolute Gasteiger partial charge is 0.255 e. The van der Waals surface area contributed by atoms with Crippen LogP contribution in [0.25, 0.3) is 11.3 Å². The summed E-state index contributed by atoms with van der Waals surface area (Å²) >= 11 is 6.11. The highest BCUT2D eigenvalue weighted by Gasteiger charge is 2.24. The molecule has 28 heavy (non-hydrogen) atoms. The molecule has 4 nitrogen and oxygen atoms in total. The lowest BCUT2D eigenvalue weighted by molar-refractivity contribution is 0.0746. The number of aryl methyl sites for hydroxylation is 2. The van der Waals surface area contributed by atoms with Crippen LogP contribution in [-0.4, -0.2) is 42.0 Å². The number of carbonyl (C=O) groups is 1. The van der Waals surface area contributed by atoms with Crippen LogP contribution in [-0.2, 0) is 0 Å². The van der Waals surface area contributed by atoms with E-state index in [1.54, 1.807) is 0 Å². The number of H-pyrrole nitrogens is 1. The largest absolute Gasteiger partial charge is 0.368 e. The molecule has 3 aromatic rings. The van der Waals surface area contributed by atoms with Crippen LogP contribution >= 0.6 is 11.6 Å². The second kappa shape index (κ2) is 7.72. The van der Waals surface area contributed by atoms with Gasteiger partial charge in [-0.1, -0.05) is 47.5 Å². The third-order valence-electron chi connectivity index (χ3n) is 5.35. The fourth-order valence-electron chi connectivity index (χ4n) is 3.68. The van der Waals surface area contributed by atoms with E-state index in [9.17, 15) is 4.79 Å². The van der Waals surface area contributed by atoms with Gasteiger partial charge in [-0.25, -0.2) is 0 Å². The average Bonchev–Trinajstić information content (AvgIpc) is 3.10. The summed E-state index contributed by atoms with van der Waals surface area (Å²) in [7, 11) is 0. The number of nitrogens with zero attached hydrogens (tertiary/aromatic N) is 2. The Hall–Kier alpha value is -2.72. The van der Waals surface area contributed by atoms with Crippen molar-refractivity contribution in [1.82, 2.24) is 9.88 Å². The summed E-state index contributed by atoms with van der Waals surface area (Å²) < 4.78 is 0. The number of carbonyl (C=O) groups excluding carboxylic acids is 1. The fraction of sp³-hybridized carbons (Fsp3) is 0.261. The molecule has 0 bridgehead atoms. The standard InChI is InChI=1S/C23H24ClN3O/c1-16-6-8-18(9-7-16)22-15-21(17(2)25-22)23(28)27-12-10-26(11-13-27)20-5-3-4-19(24)14-20/h3-9,14-15,25H,10-13H2,1-2H3. The monoisotopic (exact) mass is 393 g/mol. The van der Waals surface area contributed by atoms with Crippen LogP contribution in [0.5, 0.6) is 0 Å². The maximum absolute atomic E-state index is 13.1. The molecule has 1 aliphatic heterocycles. The molecule has 4 rings (SSSR count). The minimum atomic E-state index is 0.0952. The molecule has 0 saturated carbocycles. The summed E-state index contributed by atoms with van der Waals surface area (Å²) in [5.74, 6) is 0.0952. The second-order valence-corrected chi connectivity index (χ2v) is 7.78. The molecule has 0 unspecified atom stereocenters. The van der Waals surface area contributed by atoms with Crippen LogP contribution in [0.1, 0.15) is 21.6 Å². The van der Waals surface area contributed by atoms with E-state index in [1.807, 2.05) is 36.1 Å². The van der Waals surface area contributed by atoms with Gasteiger partial charge in [-0.15, -0.1) is 0 Å². The van der Waals surface area contributed by atoms with E-state index in [2.05, 4.69) is 47.1 Å². The maximum atomic E-state index is 13.1. The van der Waals surface area contributed by atoms with E-state index in [4.69, 9.17) is 11.6 Å². The van der Waals surface area contributed by atoms with E-state index in [0.29, 0.717) is 13.1 Å². The predicted octanol–water partition coefficient (Wildman–Crippen LogP) is 4.91. The lowest BCUT2D eigenvalue weighted by Gasteiger charge is -2.36. The first-order valence-corrected chi connectivity index (χ1v) is 9.95. The minimum Gasteiger partial charge on any atom is -0.368 e. The fourth-order valence-corrected chi connectivity index (χ4v) is 3.86. The van der Waals surface area contributed by atoms with Gasteiger partial charge in [0.1, 0.15) is 0 Å². The first-order valence-electron chi connectivity index (χ1n) is 9.58. The number of piperazine rings is 1. The summed E-state index contributed by atoms with van der Waals surface area (Å²) in [6.45, 7) is 7.06. The summed E-state index contributed by atoms with van der Waals surface area (Å²) in [6, 6.07) is 18.2. The van der Waals surface area contributed by atoms with Gasteiger partial charge in [0.15, 0.2) is 0 Å². The number of aromatic amines is 1. The van der Waals surface area contributed by atoms with Crippen LogP contribution < -0.4 is 4.90 Å². The van der Waals surface area contributed by atoms with Gasteiger partial charge >= 0.3 is 0 Å². The Balaban J connectivity index is 1.46. The molecule has 1 aromatic heterocycles. The normalized spacial score (nSPS) is 14.4. The van der Waals surface area contributed by atoms with Gasteiger partial charge in [-0.3, -0.25) is 4.79 Å². The molecule has 1 aliphatic rings. The van der Waals surface area contributed by atoms with E-state index < -0.39 is 0 Å². The second-order valence-electron chi connectivity index (χ2n) is 7.35. The molecule has 2 aromatic carbocycles. The zero-order valence-electron chi connectivity index (χ0n) is 16.2. The van der Waals surface area contributed by atoms with Crippen molar-refractivity contribution in [2.75, 3.05) is 31.1 Å². The molecule has 2 heterocycles. The average molecular weight is 394 g/mol. The lowest BCUT2D eigenvalue weighted by atomic mass is 10.1. The number of hydrogen-bond donors (Lipinski definition) is 1. The van der Waals surface area contributed by atoms with Crippen molar-refractivity contribution in [3.63, 3.8) is 0 Å². The summed E-state index contributed by atoms with van der Waals surface area (Å²) in [6.07, 6.45) is 0. The van der Waals surface area contributed by atoms with Crippen LogP contribution in [0.3, 0.4) is 0 Å². The Morgan fingerprint density at radius 3 is 2.36 bits per heavy atom. The Morgan fingerprint density at radius 1 is 0.964 bits per heavy atom. The highest BCUT2D eigenvalue weighted by molar-refractivity contribution is 6.30. The lowest BCUT2D eigenvalue weighted by Crippen LogP contribution is -2.48. The van der Waals surface area contributed by atoms with Crippen molar-refractivity contribution >= 4 is 23.2 Å². The molecular formula is C23H24ClN3O. The van der Waals surface area contributed by atoms with Crippen molar-refractivity contribution in [2.24, 2.45) is 0 Å². The summed E-state index contributed by atoms with van der Waals surface area (Å²) in [4.78, 5) is 20.7. The number of aromatic nitrogens is 1. The molecule has 5 heteroatoms. The van der Waals surface area contributed by atoms with Gasteiger partial charge in [0.2, 0.25) is 0 Å². The Morgan fingerprint density at radius 2 is 1.68 bits per heavy atom. The molecule has 0 spiro atoms. The number of anilines is 1. The van der Waals surface area contributed by atoms with Gasteiger partial charge in [0, 0.05) is 48.3 Å². The van der Waals surface area contributed by atoms with Gasteiger partial charge in [-0.2, -0.15) is 0 Å². The topological polar surface area (TPSA) is 39.3 Å². The highest BCUT2D eigenvalue weighted by atomic mass is 35.5. The molecule has 1 N–H and O–H groups in total. The van der Waals surface area contributed by atoms with E-state index in [-0.39, 0.29) is 5.91 Å². The predicted molar refractivity (Wildman–Crippen MR) is 115 cm³/mol. The highest BCUT2D eigenvalue weighted by Crippen LogP contribution is 2.25. The number of benzene rings is 2. The molecule has 0 radical (unpaired) electrons. The molecular weight excluding hydrogens is 370 g/mol. The number of amides is 1. The maximum Gasteiger partial charge on any atom is 0.255 e. The number of rotatable bonds is 3. The van der Waals surface area contributed by atoms with Gasteiger partial charge < -0.3 is 14.8 Å². The molecule has 1 saturated heterocycles. The molecule has 1 amide bonds. The minimum absolute atomic E-state index is 0.0952. The van der Waals surface area contributed by atoms with E-state index >= 15 is 0 Å². The quantitative estimate of drug-likeness (QED) is 0.686. The van der Waals surface area contributed by atoms with Gasteiger partial charge in [0.05, 0.1) is 5.56 Å². The van der Waals surface area contributed by atoms with Crippen LogP contribution in [0.4, 0.5) is 5.69 Å². The third-order valence-corrected chi connectivity index (χ3v) is 5.58. The molecule has 0 atom stereocenters. The number of halogens is 1. The number of hydrogen-bond acceptors (Lipinski definition) is 2. The molecule has 144 valence electrons. The zero-order valence-corrected chi connectivity index (χ0v) is 17.0. The Bertz CT molecular complexity index is 985. The van der Waals surface area contributed by atoms with E-state index in [1.165, 1.54) is 5.56 Å². The molecule has 1 fully saturated rings. The van der Waals surface area contributed by atoms with Crippen LogP contribution in [0, 0.1) is 13.8 Å². The van der Waals surface area contributed by atoms with Crippen molar-refractivity contribution < 1.29 is 4.79 Å². The SMILES string of the molecule is Cc1ccc(-c2cc(C(=O)N3CCN(c4cccc(Cl)c4)CC3)c(C)[nH]2)cc1. The van der Waals surface area contributed by atoms with Crippen molar-refractivity contribution in [2.45, 2.75) is 13.8 Å². The van der Waals surface area contributed by atoms with Gasteiger partial charge in [-0.05, 0) is 43.7 Å². The van der Waals surface area contributed by atoms with E-state index in [0.717, 1.165) is 46.3 Å². The van der Waals surface area contributed by atoms with Crippen LogP contribution in [0.15, 0.2) is 54.6 Å². The first kappa shape index (κ1) is 18.6. The number of nitrogens with one attached hydrogen (secondary N) is 1. The summed E-state index contributed by atoms with van der Waals surface area (Å²) in [5.41, 5.74) is 6.08. The summed E-state index contributed by atoms with van der Waals surface area (Å²) in [5, 5.41) is 0.739. The zero-order chi connectivity index (χ0) is 19.7. The third kappa shape index (κ3) is 3.78. The van der Waals surface area contributed by atoms with Crippen molar-refractivity contribution in [3.05, 3.63) is 76.4 Å². The van der Waals surface area contributed by atoms with Crippen LogP contribution in [0.2, 0.25) is 5.02 Å². The first-order chi connectivity index (χ1) is 13.5. The Labute approximate surface area is 170 Å². The Kier molecular flexibility index (Phi) is 5.14.